The van der Waals surface area contributed by atoms with Crippen LogP contribution in [-0.4, -0.2) is 23.3 Å². The monoisotopic (exact) mass is 184 g/mol. The minimum atomic E-state index is -0.632. The van der Waals surface area contributed by atoms with E-state index in [-0.39, 0.29) is 24.0 Å². The molecule has 1 N–H and O–H groups in total. The van der Waals surface area contributed by atoms with Crippen molar-refractivity contribution in [3.05, 3.63) is 0 Å². The fourth-order valence-electron chi connectivity index (χ4n) is 2.76. The number of carbonyl (C=O) groups is 1. The lowest BCUT2D eigenvalue weighted by Gasteiger charge is -2.29. The van der Waals surface area contributed by atoms with Gasteiger partial charge in [-0.1, -0.05) is 0 Å². The normalized spacial score (nSPS) is 44.4. The Kier molecular flexibility index (Phi) is 2.28. The number of fused-ring (bicyclic) bond motifs is 1. The molecule has 0 aromatic carbocycles. The highest BCUT2D eigenvalue weighted by molar-refractivity contribution is 5.70. The van der Waals surface area contributed by atoms with Crippen LogP contribution in [0.1, 0.15) is 32.6 Å². The first-order chi connectivity index (χ1) is 6.18. The molecule has 0 unspecified atom stereocenters. The van der Waals surface area contributed by atoms with Gasteiger partial charge in [0.1, 0.15) is 0 Å². The second kappa shape index (κ2) is 3.29. The first-order valence-electron chi connectivity index (χ1n) is 5.06. The number of carboxylic acids is 1. The van der Waals surface area contributed by atoms with Crippen molar-refractivity contribution in [1.29, 1.82) is 0 Å². The highest BCUT2D eigenvalue weighted by atomic mass is 16.5. The van der Waals surface area contributed by atoms with Crippen LogP contribution in [0.3, 0.4) is 0 Å². The van der Waals surface area contributed by atoms with Gasteiger partial charge in [-0.25, -0.2) is 0 Å². The van der Waals surface area contributed by atoms with Crippen molar-refractivity contribution in [2.45, 2.75) is 44.8 Å². The molecular weight excluding hydrogens is 168 g/mol. The van der Waals surface area contributed by atoms with Gasteiger partial charge in [-0.3, -0.25) is 4.79 Å². The van der Waals surface area contributed by atoms with Gasteiger partial charge in [0.15, 0.2) is 0 Å². The Bertz CT molecular complexity index is 214. The summed E-state index contributed by atoms with van der Waals surface area (Å²) in [5.74, 6) is -0.502. The van der Waals surface area contributed by atoms with Gasteiger partial charge >= 0.3 is 5.97 Å². The molecule has 1 aliphatic heterocycles. The van der Waals surface area contributed by atoms with Crippen LogP contribution in [0.2, 0.25) is 0 Å². The zero-order valence-electron chi connectivity index (χ0n) is 7.90. The number of ether oxygens (including phenoxy) is 1. The first-order valence-corrected chi connectivity index (χ1v) is 5.06. The van der Waals surface area contributed by atoms with Gasteiger partial charge in [0, 0.05) is 5.92 Å². The zero-order valence-corrected chi connectivity index (χ0v) is 7.90. The maximum Gasteiger partial charge on any atom is 0.306 e. The largest absolute Gasteiger partial charge is 0.481 e. The van der Waals surface area contributed by atoms with Crippen molar-refractivity contribution >= 4 is 5.97 Å². The van der Waals surface area contributed by atoms with Crippen LogP contribution in [0.4, 0.5) is 0 Å². The lowest BCUT2D eigenvalue weighted by molar-refractivity contribution is -0.146. The summed E-state index contributed by atoms with van der Waals surface area (Å²) in [6.07, 6.45) is 4.32. The van der Waals surface area contributed by atoms with Crippen LogP contribution in [0.25, 0.3) is 0 Å². The molecule has 2 fully saturated rings. The third-order valence-corrected chi connectivity index (χ3v) is 3.33. The molecule has 1 saturated heterocycles. The van der Waals surface area contributed by atoms with E-state index in [0.29, 0.717) is 0 Å². The number of hydrogen-bond acceptors (Lipinski definition) is 2. The number of rotatable bonds is 1. The predicted octanol–water partition coefficient (Wildman–Crippen LogP) is 1.66. The minimum Gasteiger partial charge on any atom is -0.481 e. The maximum atomic E-state index is 10.9. The fraction of sp³-hybridized carbons (Fsp3) is 0.900. The topological polar surface area (TPSA) is 46.5 Å². The molecule has 0 radical (unpaired) electrons. The summed E-state index contributed by atoms with van der Waals surface area (Å²) in [6, 6.07) is 0. The van der Waals surface area contributed by atoms with Crippen molar-refractivity contribution in [3.8, 4) is 0 Å². The van der Waals surface area contributed by atoms with Gasteiger partial charge in [0.2, 0.25) is 0 Å². The zero-order chi connectivity index (χ0) is 9.42. The summed E-state index contributed by atoms with van der Waals surface area (Å²) in [5, 5.41) is 9.02. The predicted molar refractivity (Wildman–Crippen MR) is 47.4 cm³/mol. The van der Waals surface area contributed by atoms with E-state index >= 15 is 0 Å². The Labute approximate surface area is 78.1 Å². The highest BCUT2D eigenvalue weighted by Crippen LogP contribution is 2.41. The van der Waals surface area contributed by atoms with E-state index in [4.69, 9.17) is 9.84 Å². The van der Waals surface area contributed by atoms with Crippen molar-refractivity contribution in [2.24, 2.45) is 11.8 Å². The Balaban J connectivity index is 2.09. The van der Waals surface area contributed by atoms with Crippen LogP contribution in [0, 0.1) is 11.8 Å². The van der Waals surface area contributed by atoms with Crippen molar-refractivity contribution in [1.82, 2.24) is 0 Å². The molecule has 2 rings (SSSR count). The molecule has 0 bridgehead atoms. The minimum absolute atomic E-state index is 0.149. The SMILES string of the molecule is C[C@H]1C[C@@H]2[C@@H](C(=O)O)CCC[C@H]2O1. The molecule has 0 amide bonds. The average Bonchev–Trinajstić information content (AvgIpc) is 2.43. The second-order valence-electron chi connectivity index (χ2n) is 4.26. The van der Waals surface area contributed by atoms with E-state index in [2.05, 4.69) is 0 Å². The second-order valence-corrected chi connectivity index (χ2v) is 4.26. The van der Waals surface area contributed by atoms with Crippen molar-refractivity contribution < 1.29 is 14.6 Å². The molecule has 74 valence electrons. The number of aliphatic carboxylic acids is 1. The Morgan fingerprint density at radius 2 is 2.23 bits per heavy atom. The molecular formula is C10H16O3. The van der Waals surface area contributed by atoms with E-state index < -0.39 is 5.97 Å². The van der Waals surface area contributed by atoms with Crippen LogP contribution in [0.15, 0.2) is 0 Å². The average molecular weight is 184 g/mol. The molecule has 2 aliphatic rings. The Morgan fingerprint density at radius 1 is 1.46 bits per heavy atom. The summed E-state index contributed by atoms with van der Waals surface area (Å²) in [5.41, 5.74) is 0. The van der Waals surface area contributed by atoms with Gasteiger partial charge in [-0.15, -0.1) is 0 Å². The molecule has 3 nitrogen and oxygen atoms in total. The van der Waals surface area contributed by atoms with E-state index in [1.807, 2.05) is 6.92 Å². The summed E-state index contributed by atoms with van der Waals surface area (Å²) in [6.45, 7) is 2.04. The molecule has 0 aromatic heterocycles. The van der Waals surface area contributed by atoms with E-state index in [1.54, 1.807) is 0 Å². The molecule has 0 spiro atoms. The maximum absolute atomic E-state index is 10.9. The van der Waals surface area contributed by atoms with Gasteiger partial charge < -0.3 is 9.84 Å². The molecule has 1 aliphatic carbocycles. The van der Waals surface area contributed by atoms with Gasteiger partial charge in [0.05, 0.1) is 18.1 Å². The molecule has 13 heavy (non-hydrogen) atoms. The van der Waals surface area contributed by atoms with Crippen molar-refractivity contribution in [2.75, 3.05) is 0 Å². The number of carboxylic acid groups (broad SMARTS) is 1. The van der Waals surface area contributed by atoms with E-state index in [1.165, 1.54) is 0 Å². The van der Waals surface area contributed by atoms with Crippen molar-refractivity contribution in [3.63, 3.8) is 0 Å². The molecule has 0 aromatic rings. The molecule has 1 heterocycles. The summed E-state index contributed by atoms with van der Waals surface area (Å²) in [7, 11) is 0. The van der Waals surface area contributed by atoms with E-state index in [0.717, 1.165) is 25.7 Å². The Hall–Kier alpha value is -0.570. The van der Waals surface area contributed by atoms with Crippen LogP contribution < -0.4 is 0 Å². The Morgan fingerprint density at radius 3 is 2.92 bits per heavy atom. The smallest absolute Gasteiger partial charge is 0.306 e. The van der Waals surface area contributed by atoms with Crippen LogP contribution in [0.5, 0.6) is 0 Å². The van der Waals surface area contributed by atoms with Gasteiger partial charge in [-0.2, -0.15) is 0 Å². The summed E-state index contributed by atoms with van der Waals surface area (Å²) in [4.78, 5) is 10.9. The quantitative estimate of drug-likeness (QED) is 0.674. The lowest BCUT2D eigenvalue weighted by atomic mass is 9.76. The molecule has 1 saturated carbocycles. The fourth-order valence-corrected chi connectivity index (χ4v) is 2.76. The first kappa shape index (κ1) is 9.00. The number of hydrogen-bond donors (Lipinski definition) is 1. The summed E-state index contributed by atoms with van der Waals surface area (Å²) < 4.78 is 5.68. The highest BCUT2D eigenvalue weighted by Gasteiger charge is 2.43. The van der Waals surface area contributed by atoms with E-state index in [9.17, 15) is 4.79 Å². The molecule has 3 heteroatoms. The van der Waals surface area contributed by atoms with Gasteiger partial charge in [-0.05, 0) is 32.6 Å². The summed E-state index contributed by atoms with van der Waals surface area (Å²) >= 11 is 0. The van der Waals surface area contributed by atoms with Crippen LogP contribution >= 0.6 is 0 Å². The van der Waals surface area contributed by atoms with Gasteiger partial charge in [0.25, 0.3) is 0 Å². The third kappa shape index (κ3) is 1.57. The van der Waals surface area contributed by atoms with Crippen LogP contribution in [-0.2, 0) is 9.53 Å². The molecule has 4 atom stereocenters. The third-order valence-electron chi connectivity index (χ3n) is 3.33. The lowest BCUT2D eigenvalue weighted by Crippen LogP contribution is -2.33. The standard InChI is InChI=1S/C10H16O3/c1-6-5-8-7(10(11)12)3-2-4-9(8)13-6/h6-9H,2-5H2,1H3,(H,11,12)/t6-,7-,8+,9+/m0/s1.